The highest BCUT2D eigenvalue weighted by Gasteiger charge is 2.17. The Morgan fingerprint density at radius 1 is 0.920 bits per heavy atom. The van der Waals surface area contributed by atoms with Crippen LogP contribution in [0.3, 0.4) is 0 Å². The summed E-state index contributed by atoms with van der Waals surface area (Å²) in [6, 6.07) is 8.33. The third kappa shape index (κ3) is 4.32. The van der Waals surface area contributed by atoms with Gasteiger partial charge in [-0.15, -0.1) is 12.4 Å². The highest BCUT2D eigenvalue weighted by molar-refractivity contribution is 5.94. The summed E-state index contributed by atoms with van der Waals surface area (Å²) < 4.78 is 39.7. The summed E-state index contributed by atoms with van der Waals surface area (Å²) in [5, 5.41) is 3.23. The van der Waals surface area contributed by atoms with Crippen LogP contribution in [-0.2, 0) is 0 Å². The molecule has 1 fully saturated rings. The van der Waals surface area contributed by atoms with Crippen molar-refractivity contribution in [3.63, 3.8) is 0 Å². The van der Waals surface area contributed by atoms with Crippen molar-refractivity contribution < 1.29 is 18.0 Å². The Morgan fingerprint density at radius 3 is 2.20 bits per heavy atom. The molecule has 1 aliphatic heterocycles. The number of nitrogens with one attached hydrogen (secondary N) is 1. The van der Waals surface area contributed by atoms with Crippen LogP contribution in [0, 0.1) is 17.5 Å². The van der Waals surface area contributed by atoms with Gasteiger partial charge >= 0.3 is 0 Å². The quantitative estimate of drug-likeness (QED) is 0.819. The minimum atomic E-state index is -1.49. The number of nitrogens with zero attached hydrogens (tertiary/aromatic N) is 1. The topological polar surface area (TPSA) is 32.3 Å². The lowest BCUT2D eigenvalue weighted by molar-refractivity contribution is 0.0766. The second-order valence-corrected chi connectivity index (χ2v) is 5.73. The molecule has 3 rings (SSSR count). The number of rotatable bonds is 2. The van der Waals surface area contributed by atoms with Gasteiger partial charge in [-0.05, 0) is 48.4 Å². The Kier molecular flexibility index (Phi) is 6.45. The number of amides is 1. The molecular formula is C18H18ClF3N2O. The molecule has 7 heteroatoms. The number of carbonyl (C=O) groups is 1. The monoisotopic (exact) mass is 370 g/mol. The van der Waals surface area contributed by atoms with Crippen molar-refractivity contribution in [3.8, 4) is 11.1 Å². The Hall–Kier alpha value is -2.05. The lowest BCUT2D eigenvalue weighted by Crippen LogP contribution is -2.34. The van der Waals surface area contributed by atoms with Gasteiger partial charge in [-0.3, -0.25) is 4.79 Å². The highest BCUT2D eigenvalue weighted by atomic mass is 35.5. The number of carbonyl (C=O) groups excluding carboxylic acids is 1. The molecular weight excluding hydrogens is 353 g/mol. The molecule has 1 saturated heterocycles. The van der Waals surface area contributed by atoms with Crippen LogP contribution in [-0.4, -0.2) is 37.0 Å². The van der Waals surface area contributed by atoms with Gasteiger partial charge in [-0.25, -0.2) is 13.2 Å². The third-order valence-electron chi connectivity index (χ3n) is 4.08. The predicted molar refractivity (Wildman–Crippen MR) is 92.4 cm³/mol. The van der Waals surface area contributed by atoms with E-state index in [1.165, 1.54) is 0 Å². The van der Waals surface area contributed by atoms with Crippen LogP contribution in [0.15, 0.2) is 36.4 Å². The van der Waals surface area contributed by atoms with Crippen LogP contribution >= 0.6 is 12.4 Å². The van der Waals surface area contributed by atoms with Gasteiger partial charge in [0.05, 0.1) is 0 Å². The van der Waals surface area contributed by atoms with Gasteiger partial charge in [0.15, 0.2) is 17.5 Å². The fraction of sp³-hybridized carbons (Fsp3) is 0.278. The van der Waals surface area contributed by atoms with E-state index >= 15 is 0 Å². The molecule has 0 bridgehead atoms. The Bertz CT molecular complexity index is 721. The van der Waals surface area contributed by atoms with E-state index in [0.29, 0.717) is 24.2 Å². The molecule has 0 spiro atoms. The van der Waals surface area contributed by atoms with Gasteiger partial charge in [-0.2, -0.15) is 0 Å². The van der Waals surface area contributed by atoms with E-state index < -0.39 is 17.5 Å². The Balaban J connectivity index is 0.00000225. The summed E-state index contributed by atoms with van der Waals surface area (Å²) in [6.45, 7) is 3.00. The van der Waals surface area contributed by atoms with E-state index in [1.54, 1.807) is 29.2 Å². The number of benzene rings is 2. The van der Waals surface area contributed by atoms with E-state index in [9.17, 15) is 18.0 Å². The average Bonchev–Trinajstić information content (AvgIpc) is 2.88. The van der Waals surface area contributed by atoms with Gasteiger partial charge < -0.3 is 10.2 Å². The van der Waals surface area contributed by atoms with Gasteiger partial charge in [0, 0.05) is 25.2 Å². The SMILES string of the molecule is Cl.O=C(c1ccc(-c2cc(F)c(F)c(F)c2)cc1)N1CCCNCC1. The largest absolute Gasteiger partial charge is 0.337 e. The molecule has 1 heterocycles. The minimum Gasteiger partial charge on any atom is -0.337 e. The van der Waals surface area contributed by atoms with Crippen LogP contribution in [0.4, 0.5) is 13.2 Å². The van der Waals surface area contributed by atoms with Crippen molar-refractivity contribution in [2.75, 3.05) is 26.2 Å². The van der Waals surface area contributed by atoms with E-state index in [-0.39, 0.29) is 23.9 Å². The molecule has 0 atom stereocenters. The van der Waals surface area contributed by atoms with E-state index in [4.69, 9.17) is 0 Å². The smallest absolute Gasteiger partial charge is 0.253 e. The fourth-order valence-electron chi connectivity index (χ4n) is 2.76. The molecule has 0 aliphatic carbocycles. The second kappa shape index (κ2) is 8.36. The first-order valence-corrected chi connectivity index (χ1v) is 7.81. The van der Waals surface area contributed by atoms with Crippen molar-refractivity contribution in [2.24, 2.45) is 0 Å². The van der Waals surface area contributed by atoms with Crippen LogP contribution in [0.5, 0.6) is 0 Å². The first-order chi connectivity index (χ1) is 11.6. The molecule has 1 N–H and O–H groups in total. The first-order valence-electron chi connectivity index (χ1n) is 7.81. The maximum Gasteiger partial charge on any atom is 0.253 e. The van der Waals surface area contributed by atoms with Gasteiger partial charge in [0.25, 0.3) is 5.91 Å². The molecule has 0 aromatic heterocycles. The molecule has 134 valence electrons. The lowest BCUT2D eigenvalue weighted by atomic mass is 10.0. The molecule has 25 heavy (non-hydrogen) atoms. The van der Waals surface area contributed by atoms with Crippen LogP contribution in [0.25, 0.3) is 11.1 Å². The zero-order valence-corrected chi connectivity index (χ0v) is 14.2. The van der Waals surface area contributed by atoms with E-state index in [0.717, 1.165) is 31.6 Å². The fourth-order valence-corrected chi connectivity index (χ4v) is 2.76. The predicted octanol–water partition coefficient (Wildman–Crippen LogP) is 3.63. The normalized spacial score (nSPS) is 14.6. The van der Waals surface area contributed by atoms with Crippen LogP contribution < -0.4 is 5.32 Å². The molecule has 2 aromatic rings. The Morgan fingerprint density at radius 2 is 1.56 bits per heavy atom. The zero-order valence-electron chi connectivity index (χ0n) is 13.4. The summed E-state index contributed by atoms with van der Waals surface area (Å²) in [4.78, 5) is 14.3. The van der Waals surface area contributed by atoms with Gasteiger partial charge in [0.2, 0.25) is 0 Å². The number of halogens is 4. The van der Waals surface area contributed by atoms with Crippen LogP contribution in [0.2, 0.25) is 0 Å². The van der Waals surface area contributed by atoms with Crippen LogP contribution in [0.1, 0.15) is 16.8 Å². The summed E-state index contributed by atoms with van der Waals surface area (Å²) in [5.41, 5.74) is 1.26. The minimum absolute atomic E-state index is 0. The average molecular weight is 371 g/mol. The standard InChI is InChI=1S/C18H17F3N2O.ClH/c19-15-10-14(11-16(20)17(15)21)12-2-4-13(5-3-12)18(24)23-8-1-6-22-7-9-23;/h2-5,10-11,22H,1,6-9H2;1H. The number of hydrogen-bond donors (Lipinski definition) is 1. The first kappa shape index (κ1) is 19.3. The van der Waals surface area contributed by atoms with Crippen molar-refractivity contribution >= 4 is 18.3 Å². The zero-order chi connectivity index (χ0) is 17.1. The van der Waals surface area contributed by atoms with Crippen molar-refractivity contribution in [2.45, 2.75) is 6.42 Å². The maximum absolute atomic E-state index is 13.3. The Labute approximate surface area is 150 Å². The molecule has 0 radical (unpaired) electrons. The van der Waals surface area contributed by atoms with Gasteiger partial charge in [0.1, 0.15) is 0 Å². The molecule has 0 saturated carbocycles. The summed E-state index contributed by atoms with van der Waals surface area (Å²) >= 11 is 0. The van der Waals surface area contributed by atoms with E-state index in [1.807, 2.05) is 0 Å². The molecule has 2 aromatic carbocycles. The molecule has 0 unspecified atom stereocenters. The molecule has 1 amide bonds. The number of hydrogen-bond acceptors (Lipinski definition) is 2. The lowest BCUT2D eigenvalue weighted by Gasteiger charge is -2.20. The molecule has 1 aliphatic rings. The third-order valence-corrected chi connectivity index (χ3v) is 4.08. The van der Waals surface area contributed by atoms with Crippen molar-refractivity contribution in [1.29, 1.82) is 0 Å². The van der Waals surface area contributed by atoms with Crippen molar-refractivity contribution in [3.05, 3.63) is 59.4 Å². The van der Waals surface area contributed by atoms with E-state index in [2.05, 4.69) is 5.32 Å². The summed E-state index contributed by atoms with van der Waals surface area (Å²) in [5.74, 6) is -4.02. The van der Waals surface area contributed by atoms with Gasteiger partial charge in [-0.1, -0.05) is 12.1 Å². The second-order valence-electron chi connectivity index (χ2n) is 5.73. The van der Waals surface area contributed by atoms with Crippen molar-refractivity contribution in [1.82, 2.24) is 10.2 Å². The molecule has 3 nitrogen and oxygen atoms in total. The maximum atomic E-state index is 13.3. The highest BCUT2D eigenvalue weighted by Crippen LogP contribution is 2.24. The summed E-state index contributed by atoms with van der Waals surface area (Å²) in [7, 11) is 0. The summed E-state index contributed by atoms with van der Waals surface area (Å²) in [6.07, 6.45) is 0.901.